The van der Waals surface area contributed by atoms with Crippen molar-refractivity contribution < 1.29 is 24.2 Å². The van der Waals surface area contributed by atoms with Gasteiger partial charge in [0.15, 0.2) is 0 Å². The number of rotatable bonds is 8. The standard InChI is InChI=1S/C25H34N4O5/c1-5-33-23-26-15-19(16-27-23)28-21-14-17(7-9-22(30)31)6-8-20(21)18-10-12-29(13-11-18)24(32)34-25(2,3)4/h6,8,14-16,18,28H,5,7,9-13H2,1-4H3,(H,30,31). The monoisotopic (exact) mass is 470 g/mol. The molecular formula is C25H34N4O5. The van der Waals surface area contributed by atoms with E-state index in [1.54, 1.807) is 17.3 Å². The SMILES string of the molecule is CCOc1ncc(Nc2cc(CCC(=O)O)ccc2C2CCN(C(=O)OC(C)(C)C)CC2)cn1. The Labute approximate surface area is 200 Å². The first kappa shape index (κ1) is 25.3. The number of nitrogens with zero attached hydrogens (tertiary/aromatic N) is 3. The van der Waals surface area contributed by atoms with Crippen LogP contribution in [0.15, 0.2) is 30.6 Å². The Hall–Kier alpha value is -3.36. The molecule has 1 amide bonds. The Morgan fingerprint density at radius 2 is 1.85 bits per heavy atom. The predicted molar refractivity (Wildman–Crippen MR) is 129 cm³/mol. The smallest absolute Gasteiger partial charge is 0.410 e. The Morgan fingerprint density at radius 3 is 2.44 bits per heavy atom. The van der Waals surface area contributed by atoms with E-state index in [9.17, 15) is 9.59 Å². The van der Waals surface area contributed by atoms with Gasteiger partial charge in [0.25, 0.3) is 0 Å². The number of hydrogen-bond donors (Lipinski definition) is 2. The van der Waals surface area contributed by atoms with Crippen LogP contribution in [0.5, 0.6) is 6.01 Å². The van der Waals surface area contributed by atoms with Gasteiger partial charge >= 0.3 is 18.1 Å². The molecule has 2 aromatic rings. The van der Waals surface area contributed by atoms with E-state index in [1.807, 2.05) is 39.8 Å². The number of benzene rings is 1. The van der Waals surface area contributed by atoms with E-state index in [-0.39, 0.29) is 18.4 Å². The number of aryl methyl sites for hydroxylation is 1. The van der Waals surface area contributed by atoms with Crippen LogP contribution in [-0.2, 0) is 16.0 Å². The van der Waals surface area contributed by atoms with Gasteiger partial charge in [-0.15, -0.1) is 0 Å². The highest BCUT2D eigenvalue weighted by molar-refractivity contribution is 5.69. The fourth-order valence-corrected chi connectivity index (χ4v) is 3.91. The zero-order valence-corrected chi connectivity index (χ0v) is 20.3. The van der Waals surface area contributed by atoms with Gasteiger partial charge < -0.3 is 24.8 Å². The van der Waals surface area contributed by atoms with Gasteiger partial charge in [0.1, 0.15) is 5.60 Å². The number of amides is 1. The fourth-order valence-electron chi connectivity index (χ4n) is 3.91. The minimum atomic E-state index is -0.826. The van der Waals surface area contributed by atoms with Crippen molar-refractivity contribution in [1.29, 1.82) is 0 Å². The Kier molecular flexibility index (Phi) is 8.31. The molecule has 1 fully saturated rings. The third kappa shape index (κ3) is 7.33. The van der Waals surface area contributed by atoms with Crippen molar-refractivity contribution in [3.63, 3.8) is 0 Å². The van der Waals surface area contributed by atoms with Crippen LogP contribution >= 0.6 is 0 Å². The molecule has 1 aliphatic rings. The Balaban J connectivity index is 1.76. The summed E-state index contributed by atoms with van der Waals surface area (Å²) in [5, 5.41) is 12.5. The van der Waals surface area contributed by atoms with E-state index < -0.39 is 11.6 Å². The summed E-state index contributed by atoms with van der Waals surface area (Å²) in [4.78, 5) is 33.7. The predicted octanol–water partition coefficient (Wildman–Crippen LogP) is 4.75. The van der Waals surface area contributed by atoms with Crippen molar-refractivity contribution in [2.24, 2.45) is 0 Å². The molecule has 0 bridgehead atoms. The zero-order valence-electron chi connectivity index (χ0n) is 20.3. The zero-order chi connectivity index (χ0) is 24.7. The molecule has 2 N–H and O–H groups in total. The van der Waals surface area contributed by atoms with Crippen molar-refractivity contribution in [2.75, 3.05) is 25.0 Å². The molecule has 1 aliphatic heterocycles. The lowest BCUT2D eigenvalue weighted by Crippen LogP contribution is -2.41. The molecule has 0 radical (unpaired) electrons. The molecular weight excluding hydrogens is 436 g/mol. The van der Waals surface area contributed by atoms with Gasteiger partial charge in [0.05, 0.1) is 24.7 Å². The molecule has 34 heavy (non-hydrogen) atoms. The van der Waals surface area contributed by atoms with Crippen LogP contribution in [0.25, 0.3) is 0 Å². The number of ether oxygens (including phenoxy) is 2. The van der Waals surface area contributed by atoms with Crippen LogP contribution in [0.2, 0.25) is 0 Å². The van der Waals surface area contributed by atoms with Crippen LogP contribution in [0.3, 0.4) is 0 Å². The number of aromatic nitrogens is 2. The van der Waals surface area contributed by atoms with Gasteiger partial charge in [0, 0.05) is 25.2 Å². The van der Waals surface area contributed by atoms with Gasteiger partial charge in [-0.3, -0.25) is 4.79 Å². The normalized spacial score (nSPS) is 14.5. The maximum Gasteiger partial charge on any atom is 0.410 e. The molecule has 2 heterocycles. The van der Waals surface area contributed by atoms with Gasteiger partial charge in [-0.25, -0.2) is 14.8 Å². The number of carboxylic acid groups (broad SMARTS) is 1. The average molecular weight is 471 g/mol. The lowest BCUT2D eigenvalue weighted by molar-refractivity contribution is -0.136. The van der Waals surface area contributed by atoms with E-state index in [1.165, 1.54) is 0 Å². The molecule has 3 rings (SSSR count). The summed E-state index contributed by atoms with van der Waals surface area (Å²) in [6.07, 6.45) is 5.18. The maximum atomic E-state index is 12.4. The first-order chi connectivity index (χ1) is 16.1. The van der Waals surface area contributed by atoms with Crippen molar-refractivity contribution in [3.8, 4) is 6.01 Å². The number of hydrogen-bond acceptors (Lipinski definition) is 7. The Bertz CT molecular complexity index is 980. The molecule has 9 heteroatoms. The number of carboxylic acids is 1. The molecule has 0 saturated carbocycles. The fraction of sp³-hybridized carbons (Fsp3) is 0.520. The third-order valence-corrected chi connectivity index (χ3v) is 5.51. The van der Waals surface area contributed by atoms with Gasteiger partial charge in [-0.05, 0) is 70.1 Å². The second kappa shape index (κ2) is 11.2. The minimum absolute atomic E-state index is 0.0687. The van der Waals surface area contributed by atoms with E-state index in [2.05, 4.69) is 21.4 Å². The lowest BCUT2D eigenvalue weighted by atomic mass is 9.87. The van der Waals surface area contributed by atoms with Gasteiger partial charge in [-0.2, -0.15) is 0 Å². The molecule has 1 aromatic carbocycles. The minimum Gasteiger partial charge on any atom is -0.481 e. The van der Waals surface area contributed by atoms with Crippen LogP contribution < -0.4 is 10.1 Å². The molecule has 0 spiro atoms. The highest BCUT2D eigenvalue weighted by Crippen LogP contribution is 2.35. The average Bonchev–Trinajstić information content (AvgIpc) is 2.78. The molecule has 184 valence electrons. The van der Waals surface area contributed by atoms with Crippen molar-refractivity contribution in [1.82, 2.24) is 14.9 Å². The van der Waals surface area contributed by atoms with E-state index in [4.69, 9.17) is 14.6 Å². The van der Waals surface area contributed by atoms with E-state index >= 15 is 0 Å². The molecule has 1 saturated heterocycles. The molecule has 9 nitrogen and oxygen atoms in total. The summed E-state index contributed by atoms with van der Waals surface area (Å²) in [6.45, 7) is 9.20. The number of carbonyl (C=O) groups is 2. The largest absolute Gasteiger partial charge is 0.481 e. The molecule has 0 aliphatic carbocycles. The molecule has 1 aromatic heterocycles. The second-order valence-corrected chi connectivity index (χ2v) is 9.37. The third-order valence-electron chi connectivity index (χ3n) is 5.51. The first-order valence-corrected chi connectivity index (χ1v) is 11.7. The van der Waals surface area contributed by atoms with Crippen molar-refractivity contribution in [2.45, 2.75) is 64.9 Å². The summed E-state index contributed by atoms with van der Waals surface area (Å²) in [6, 6.07) is 6.36. The quantitative estimate of drug-likeness (QED) is 0.568. The number of anilines is 2. The summed E-state index contributed by atoms with van der Waals surface area (Å²) in [5.41, 5.74) is 3.15. The highest BCUT2D eigenvalue weighted by atomic mass is 16.6. The van der Waals surface area contributed by atoms with Gasteiger partial charge in [-0.1, -0.05) is 12.1 Å². The number of piperidine rings is 1. The van der Waals surface area contributed by atoms with E-state index in [0.29, 0.717) is 37.8 Å². The van der Waals surface area contributed by atoms with Crippen molar-refractivity contribution >= 4 is 23.4 Å². The van der Waals surface area contributed by atoms with Crippen LogP contribution in [-0.4, -0.2) is 57.3 Å². The van der Waals surface area contributed by atoms with Crippen LogP contribution in [0.4, 0.5) is 16.2 Å². The maximum absolute atomic E-state index is 12.4. The van der Waals surface area contributed by atoms with Gasteiger partial charge in [0.2, 0.25) is 0 Å². The Morgan fingerprint density at radius 1 is 1.18 bits per heavy atom. The summed E-state index contributed by atoms with van der Waals surface area (Å²) < 4.78 is 10.8. The second-order valence-electron chi connectivity index (χ2n) is 9.37. The van der Waals surface area contributed by atoms with E-state index in [0.717, 1.165) is 29.7 Å². The van der Waals surface area contributed by atoms with Crippen LogP contribution in [0, 0.1) is 0 Å². The lowest BCUT2D eigenvalue weighted by Gasteiger charge is -2.34. The highest BCUT2D eigenvalue weighted by Gasteiger charge is 2.28. The number of nitrogens with one attached hydrogen (secondary N) is 1. The van der Waals surface area contributed by atoms with Crippen molar-refractivity contribution in [3.05, 3.63) is 41.7 Å². The van der Waals surface area contributed by atoms with Crippen LogP contribution in [0.1, 0.15) is 64.0 Å². The topological polar surface area (TPSA) is 114 Å². The molecule has 0 unspecified atom stereocenters. The molecule has 0 atom stereocenters. The summed E-state index contributed by atoms with van der Waals surface area (Å²) >= 11 is 0. The number of carbonyl (C=O) groups excluding carboxylic acids is 1. The number of likely N-dealkylation sites (tertiary alicyclic amines) is 1. The summed E-state index contributed by atoms with van der Waals surface area (Å²) in [7, 11) is 0. The summed E-state index contributed by atoms with van der Waals surface area (Å²) in [5.74, 6) is -0.577. The first-order valence-electron chi connectivity index (χ1n) is 11.7. The number of aliphatic carboxylic acids is 1.